The summed E-state index contributed by atoms with van der Waals surface area (Å²) in [4.78, 5) is 21.3. The van der Waals surface area contributed by atoms with E-state index in [2.05, 4.69) is 15.6 Å². The van der Waals surface area contributed by atoms with E-state index in [4.69, 9.17) is 9.72 Å². The Morgan fingerprint density at radius 3 is 2.44 bits per heavy atom. The van der Waals surface area contributed by atoms with E-state index in [0.29, 0.717) is 0 Å². The molecule has 1 aromatic carbocycles. The molecule has 6 nitrogen and oxygen atoms in total. The highest BCUT2D eigenvalue weighted by molar-refractivity contribution is 7.09. The number of piperazine rings is 1. The Kier molecular flexibility index (Phi) is 6.01. The highest BCUT2D eigenvalue weighted by atomic mass is 32.1. The van der Waals surface area contributed by atoms with Gasteiger partial charge in [-0.15, -0.1) is 11.3 Å². The molecule has 1 N–H and O–H groups in total. The van der Waals surface area contributed by atoms with Crippen LogP contribution in [0.4, 0.5) is 4.79 Å². The van der Waals surface area contributed by atoms with Gasteiger partial charge >= 0.3 is 6.03 Å². The lowest BCUT2D eigenvalue weighted by Gasteiger charge is -2.36. The minimum absolute atomic E-state index is 0.0261. The number of methoxy groups -OCH3 is 1. The lowest BCUT2D eigenvalue weighted by molar-refractivity contribution is 0.131. The van der Waals surface area contributed by atoms with Crippen molar-refractivity contribution in [3.63, 3.8) is 0 Å². The Labute approximate surface area is 165 Å². The van der Waals surface area contributed by atoms with Crippen LogP contribution in [0.25, 0.3) is 11.3 Å². The minimum atomic E-state index is -0.201. The molecular formula is C20H28N4O2S. The van der Waals surface area contributed by atoms with Crippen LogP contribution in [0, 0.1) is 0 Å². The number of hydrogen-bond donors (Lipinski definition) is 1. The van der Waals surface area contributed by atoms with Crippen molar-refractivity contribution in [3.8, 4) is 17.0 Å². The maximum Gasteiger partial charge on any atom is 0.317 e. The molecule has 1 aliphatic rings. The molecule has 3 rings (SSSR count). The molecule has 0 unspecified atom stereocenters. The second-order valence-corrected chi connectivity index (χ2v) is 8.74. The van der Waals surface area contributed by atoms with Gasteiger partial charge in [0.1, 0.15) is 10.8 Å². The maximum atomic E-state index is 12.3. The number of aromatic nitrogens is 1. The van der Waals surface area contributed by atoms with Crippen LogP contribution in [0.15, 0.2) is 29.6 Å². The number of rotatable bonds is 4. The van der Waals surface area contributed by atoms with E-state index >= 15 is 0 Å². The number of carbonyl (C=O) groups is 1. The summed E-state index contributed by atoms with van der Waals surface area (Å²) >= 11 is 1.69. The lowest BCUT2D eigenvalue weighted by atomic mass is 10.1. The molecule has 1 aliphatic heterocycles. The number of thiazole rings is 1. The number of ether oxygens (including phenoxy) is 1. The SMILES string of the molecule is COc1ccc(-c2csc(CN3CCN(C(=O)NC(C)(C)C)CC3)n2)cc1. The van der Waals surface area contributed by atoms with Crippen molar-refractivity contribution in [1.29, 1.82) is 0 Å². The number of urea groups is 1. The molecule has 1 aromatic heterocycles. The van der Waals surface area contributed by atoms with Crippen LogP contribution in [-0.4, -0.2) is 59.6 Å². The summed E-state index contributed by atoms with van der Waals surface area (Å²) < 4.78 is 5.21. The standard InChI is InChI=1S/C20H28N4O2S/c1-20(2,3)22-19(25)24-11-9-23(10-12-24)13-18-21-17(14-27-18)15-5-7-16(26-4)8-6-15/h5-8,14H,9-13H2,1-4H3,(H,22,25). The largest absolute Gasteiger partial charge is 0.497 e. The average molecular weight is 389 g/mol. The van der Waals surface area contributed by atoms with Crippen LogP contribution in [-0.2, 0) is 6.54 Å². The van der Waals surface area contributed by atoms with Gasteiger partial charge in [-0.3, -0.25) is 4.90 Å². The van der Waals surface area contributed by atoms with Crippen molar-refractivity contribution in [2.75, 3.05) is 33.3 Å². The van der Waals surface area contributed by atoms with Crippen molar-refractivity contribution < 1.29 is 9.53 Å². The first kappa shape index (κ1) is 19.6. The Morgan fingerprint density at radius 1 is 1.19 bits per heavy atom. The quantitative estimate of drug-likeness (QED) is 0.872. The molecule has 2 amide bonds. The predicted octanol–water partition coefficient (Wildman–Crippen LogP) is 3.44. The number of nitrogens with zero attached hydrogens (tertiary/aromatic N) is 3. The molecule has 0 atom stereocenters. The fourth-order valence-electron chi connectivity index (χ4n) is 2.98. The normalized spacial score (nSPS) is 15.6. The van der Waals surface area contributed by atoms with Gasteiger partial charge in [-0.25, -0.2) is 9.78 Å². The fraction of sp³-hybridized carbons (Fsp3) is 0.500. The number of hydrogen-bond acceptors (Lipinski definition) is 5. The van der Waals surface area contributed by atoms with E-state index in [1.165, 1.54) is 0 Å². The molecule has 7 heteroatoms. The van der Waals surface area contributed by atoms with Gasteiger partial charge in [0.25, 0.3) is 0 Å². The van der Waals surface area contributed by atoms with E-state index in [9.17, 15) is 4.79 Å². The van der Waals surface area contributed by atoms with Gasteiger partial charge in [-0.05, 0) is 45.0 Å². The summed E-state index contributed by atoms with van der Waals surface area (Å²) in [5, 5.41) is 6.24. The lowest BCUT2D eigenvalue weighted by Crippen LogP contribution is -2.54. The zero-order chi connectivity index (χ0) is 19.4. The highest BCUT2D eigenvalue weighted by Crippen LogP contribution is 2.25. The fourth-order valence-corrected chi connectivity index (χ4v) is 3.82. The van der Waals surface area contributed by atoms with E-state index < -0.39 is 0 Å². The summed E-state index contributed by atoms with van der Waals surface area (Å²) in [7, 11) is 1.67. The average Bonchev–Trinajstić information content (AvgIpc) is 3.09. The minimum Gasteiger partial charge on any atom is -0.497 e. The van der Waals surface area contributed by atoms with E-state index in [-0.39, 0.29) is 11.6 Å². The van der Waals surface area contributed by atoms with Gasteiger partial charge in [0.2, 0.25) is 0 Å². The zero-order valence-corrected chi connectivity index (χ0v) is 17.3. The summed E-state index contributed by atoms with van der Waals surface area (Å²) in [5.41, 5.74) is 1.90. The van der Waals surface area contributed by atoms with Crippen LogP contribution in [0.2, 0.25) is 0 Å². The van der Waals surface area contributed by atoms with Crippen LogP contribution < -0.4 is 10.1 Å². The van der Waals surface area contributed by atoms with Crippen molar-refractivity contribution >= 4 is 17.4 Å². The molecule has 2 heterocycles. The van der Waals surface area contributed by atoms with Gasteiger partial charge in [0, 0.05) is 42.7 Å². The second-order valence-electron chi connectivity index (χ2n) is 7.80. The molecule has 1 fully saturated rings. The Morgan fingerprint density at radius 2 is 1.85 bits per heavy atom. The van der Waals surface area contributed by atoms with Crippen LogP contribution in [0.3, 0.4) is 0 Å². The second kappa shape index (κ2) is 8.27. The first-order valence-electron chi connectivity index (χ1n) is 9.22. The molecule has 0 radical (unpaired) electrons. The summed E-state index contributed by atoms with van der Waals surface area (Å²) in [5.74, 6) is 0.850. The van der Waals surface area contributed by atoms with Gasteiger partial charge in [0.15, 0.2) is 0 Å². The molecule has 0 aliphatic carbocycles. The summed E-state index contributed by atoms with van der Waals surface area (Å²) in [6, 6.07) is 8.00. The number of carbonyl (C=O) groups excluding carboxylic acids is 1. The zero-order valence-electron chi connectivity index (χ0n) is 16.5. The third kappa shape index (κ3) is 5.43. The van der Waals surface area contributed by atoms with Crippen LogP contribution >= 0.6 is 11.3 Å². The third-order valence-electron chi connectivity index (χ3n) is 4.44. The molecule has 1 saturated heterocycles. The van der Waals surface area contributed by atoms with Crippen molar-refractivity contribution in [2.45, 2.75) is 32.9 Å². The Bertz CT molecular complexity index is 759. The van der Waals surface area contributed by atoms with Gasteiger partial charge in [0.05, 0.1) is 19.3 Å². The number of nitrogens with one attached hydrogen (secondary N) is 1. The van der Waals surface area contributed by atoms with E-state index in [1.807, 2.05) is 49.9 Å². The molecule has 27 heavy (non-hydrogen) atoms. The number of amides is 2. The Hall–Kier alpha value is -2.12. The molecular weight excluding hydrogens is 360 g/mol. The molecule has 0 spiro atoms. The van der Waals surface area contributed by atoms with Crippen LogP contribution in [0.1, 0.15) is 25.8 Å². The van der Waals surface area contributed by atoms with Crippen molar-refractivity contribution in [1.82, 2.24) is 20.1 Å². The third-order valence-corrected chi connectivity index (χ3v) is 5.27. The van der Waals surface area contributed by atoms with E-state index in [0.717, 1.165) is 54.7 Å². The van der Waals surface area contributed by atoms with Gasteiger partial charge < -0.3 is 15.0 Å². The van der Waals surface area contributed by atoms with Gasteiger partial charge in [-0.2, -0.15) is 0 Å². The molecule has 2 aromatic rings. The number of benzene rings is 1. The van der Waals surface area contributed by atoms with Gasteiger partial charge in [-0.1, -0.05) is 0 Å². The molecule has 146 valence electrons. The molecule has 0 saturated carbocycles. The van der Waals surface area contributed by atoms with Crippen molar-refractivity contribution in [3.05, 3.63) is 34.7 Å². The van der Waals surface area contributed by atoms with Crippen molar-refractivity contribution in [2.24, 2.45) is 0 Å². The topological polar surface area (TPSA) is 57.7 Å². The molecule has 0 bridgehead atoms. The predicted molar refractivity (Wildman–Crippen MR) is 109 cm³/mol. The first-order valence-corrected chi connectivity index (χ1v) is 10.1. The summed E-state index contributed by atoms with van der Waals surface area (Å²) in [6.07, 6.45) is 0. The van der Waals surface area contributed by atoms with E-state index in [1.54, 1.807) is 18.4 Å². The summed E-state index contributed by atoms with van der Waals surface area (Å²) in [6.45, 7) is 10.1. The Balaban J connectivity index is 1.52. The van der Waals surface area contributed by atoms with Crippen LogP contribution in [0.5, 0.6) is 5.75 Å². The first-order chi connectivity index (χ1) is 12.8. The maximum absolute atomic E-state index is 12.3. The highest BCUT2D eigenvalue weighted by Gasteiger charge is 2.24. The monoisotopic (exact) mass is 388 g/mol. The smallest absolute Gasteiger partial charge is 0.317 e.